The van der Waals surface area contributed by atoms with Crippen LogP contribution in [0.25, 0.3) is 0 Å². The van der Waals surface area contributed by atoms with E-state index < -0.39 is 0 Å². The molecule has 0 saturated carbocycles. The summed E-state index contributed by atoms with van der Waals surface area (Å²) in [6.07, 6.45) is 2.52. The van der Waals surface area contributed by atoms with Crippen LogP contribution in [0, 0.1) is 12.8 Å². The first-order chi connectivity index (χ1) is 14.9. The predicted molar refractivity (Wildman–Crippen MR) is 124 cm³/mol. The van der Waals surface area contributed by atoms with Crippen LogP contribution < -0.4 is 4.74 Å². The SMILES string of the molecule is CCN1CCCCN(C(=O)c2scnc2C)[C@@H](CC(C)C)COc2ccccc2C1=O. The highest BCUT2D eigenvalue weighted by Gasteiger charge is 2.29. The molecule has 0 spiro atoms. The number of rotatable bonds is 4. The molecular weight excluding hydrogens is 410 g/mol. The number of aromatic nitrogens is 1. The van der Waals surface area contributed by atoms with Gasteiger partial charge in [-0.05, 0) is 51.2 Å². The zero-order valence-corrected chi connectivity index (χ0v) is 19.8. The van der Waals surface area contributed by atoms with E-state index in [0.29, 0.717) is 48.3 Å². The van der Waals surface area contributed by atoms with Gasteiger partial charge in [0.15, 0.2) is 0 Å². The van der Waals surface area contributed by atoms with Crippen molar-refractivity contribution < 1.29 is 14.3 Å². The molecule has 0 unspecified atom stereocenters. The first-order valence-corrected chi connectivity index (χ1v) is 12.0. The van der Waals surface area contributed by atoms with Gasteiger partial charge in [0.25, 0.3) is 11.8 Å². The van der Waals surface area contributed by atoms with E-state index in [4.69, 9.17) is 4.74 Å². The van der Waals surface area contributed by atoms with Crippen molar-refractivity contribution >= 4 is 23.2 Å². The number of carbonyl (C=O) groups is 2. The number of carbonyl (C=O) groups excluding carboxylic acids is 2. The molecule has 2 heterocycles. The van der Waals surface area contributed by atoms with Gasteiger partial charge in [0.1, 0.15) is 17.2 Å². The average Bonchev–Trinajstić information content (AvgIpc) is 3.18. The largest absolute Gasteiger partial charge is 0.491 e. The van der Waals surface area contributed by atoms with E-state index in [1.54, 1.807) is 5.51 Å². The van der Waals surface area contributed by atoms with Crippen LogP contribution in [-0.2, 0) is 0 Å². The molecule has 0 aliphatic carbocycles. The van der Waals surface area contributed by atoms with Gasteiger partial charge in [-0.25, -0.2) is 4.98 Å². The van der Waals surface area contributed by atoms with Gasteiger partial charge in [0, 0.05) is 19.6 Å². The summed E-state index contributed by atoms with van der Waals surface area (Å²) in [4.78, 5) is 35.4. The zero-order chi connectivity index (χ0) is 22.4. The van der Waals surface area contributed by atoms with E-state index in [9.17, 15) is 9.59 Å². The molecule has 7 heteroatoms. The Morgan fingerprint density at radius 2 is 2.00 bits per heavy atom. The molecule has 2 aromatic rings. The molecule has 1 aliphatic rings. The summed E-state index contributed by atoms with van der Waals surface area (Å²) < 4.78 is 6.21. The lowest BCUT2D eigenvalue weighted by molar-refractivity contribution is 0.0559. The van der Waals surface area contributed by atoms with Crippen LogP contribution in [0.5, 0.6) is 5.75 Å². The van der Waals surface area contributed by atoms with E-state index in [1.807, 2.05) is 47.9 Å². The minimum Gasteiger partial charge on any atom is -0.491 e. The third-order valence-electron chi connectivity index (χ3n) is 5.68. The number of fused-ring (bicyclic) bond motifs is 1. The summed E-state index contributed by atoms with van der Waals surface area (Å²) in [5, 5.41) is 0. The number of aryl methyl sites for hydroxylation is 1. The number of benzene rings is 1. The monoisotopic (exact) mass is 443 g/mol. The molecule has 0 fully saturated rings. The summed E-state index contributed by atoms with van der Waals surface area (Å²) in [5.41, 5.74) is 3.09. The van der Waals surface area contributed by atoms with Crippen molar-refractivity contribution in [3.63, 3.8) is 0 Å². The van der Waals surface area contributed by atoms with Crippen molar-refractivity contribution in [1.29, 1.82) is 0 Å². The molecule has 1 aromatic heterocycles. The molecule has 0 N–H and O–H groups in total. The van der Waals surface area contributed by atoms with Crippen molar-refractivity contribution in [3.05, 3.63) is 45.9 Å². The van der Waals surface area contributed by atoms with Crippen molar-refractivity contribution in [2.24, 2.45) is 5.92 Å². The normalized spacial score (nSPS) is 18.2. The number of hydrogen-bond acceptors (Lipinski definition) is 5. The van der Waals surface area contributed by atoms with Gasteiger partial charge in [0.2, 0.25) is 0 Å². The van der Waals surface area contributed by atoms with Gasteiger partial charge in [-0.2, -0.15) is 0 Å². The fourth-order valence-electron chi connectivity index (χ4n) is 4.03. The van der Waals surface area contributed by atoms with Crippen LogP contribution in [0.3, 0.4) is 0 Å². The van der Waals surface area contributed by atoms with Gasteiger partial charge < -0.3 is 14.5 Å². The lowest BCUT2D eigenvalue weighted by Crippen LogP contribution is -2.45. The zero-order valence-electron chi connectivity index (χ0n) is 19.0. The molecule has 0 bridgehead atoms. The topological polar surface area (TPSA) is 62.7 Å². The Labute approximate surface area is 189 Å². The van der Waals surface area contributed by atoms with Gasteiger partial charge in [-0.15, -0.1) is 11.3 Å². The average molecular weight is 444 g/mol. The molecule has 168 valence electrons. The quantitative estimate of drug-likeness (QED) is 0.690. The summed E-state index contributed by atoms with van der Waals surface area (Å²) >= 11 is 1.40. The van der Waals surface area contributed by atoms with E-state index >= 15 is 0 Å². The van der Waals surface area contributed by atoms with E-state index in [2.05, 4.69) is 18.8 Å². The van der Waals surface area contributed by atoms with Gasteiger partial charge in [-0.1, -0.05) is 26.0 Å². The fraction of sp³-hybridized carbons (Fsp3) is 0.542. The number of hydrogen-bond donors (Lipinski definition) is 0. The Morgan fingerprint density at radius 1 is 1.26 bits per heavy atom. The summed E-state index contributed by atoms with van der Waals surface area (Å²) in [5.74, 6) is 1.03. The third-order valence-corrected chi connectivity index (χ3v) is 6.60. The van der Waals surface area contributed by atoms with Gasteiger partial charge in [0.05, 0.1) is 22.8 Å². The fourth-order valence-corrected chi connectivity index (χ4v) is 4.79. The number of para-hydroxylation sites is 1. The Morgan fingerprint density at radius 3 is 2.68 bits per heavy atom. The minimum absolute atomic E-state index is 0.00676. The Bertz CT molecular complexity index is 896. The maximum absolute atomic E-state index is 13.5. The number of nitrogens with zero attached hydrogens (tertiary/aromatic N) is 3. The standard InChI is InChI=1S/C24H33N3O3S/c1-5-26-12-8-9-13-27(24(29)22-18(4)25-16-31-22)19(14-17(2)3)15-30-21-11-7-6-10-20(21)23(26)28/h6-7,10-11,16-17,19H,5,8-9,12-15H2,1-4H3/t19-/m0/s1. The van der Waals surface area contributed by atoms with Crippen LogP contribution in [-0.4, -0.2) is 58.9 Å². The van der Waals surface area contributed by atoms with E-state index in [-0.39, 0.29) is 17.9 Å². The summed E-state index contributed by atoms with van der Waals surface area (Å²) in [6.45, 7) is 10.5. The van der Waals surface area contributed by atoms with Crippen molar-refractivity contribution in [2.75, 3.05) is 26.2 Å². The highest BCUT2D eigenvalue weighted by atomic mass is 32.1. The molecule has 0 saturated heterocycles. The van der Waals surface area contributed by atoms with Crippen LogP contribution in [0.15, 0.2) is 29.8 Å². The maximum Gasteiger partial charge on any atom is 0.266 e. The summed E-state index contributed by atoms with van der Waals surface area (Å²) in [6, 6.07) is 7.36. The molecule has 1 atom stereocenters. The first kappa shape index (κ1) is 23.3. The maximum atomic E-state index is 13.5. The second-order valence-corrected chi connectivity index (χ2v) is 9.30. The second kappa shape index (κ2) is 10.8. The minimum atomic E-state index is -0.0705. The Kier molecular flexibility index (Phi) is 8.07. The van der Waals surface area contributed by atoms with Gasteiger partial charge in [-0.3, -0.25) is 9.59 Å². The molecule has 6 nitrogen and oxygen atoms in total. The van der Waals surface area contributed by atoms with Gasteiger partial charge >= 0.3 is 0 Å². The van der Waals surface area contributed by atoms with Crippen LogP contribution >= 0.6 is 11.3 Å². The predicted octanol–water partition coefficient (Wildman–Crippen LogP) is 4.64. The van der Waals surface area contributed by atoms with Crippen molar-refractivity contribution in [3.8, 4) is 5.75 Å². The lowest BCUT2D eigenvalue weighted by Gasteiger charge is -2.34. The molecular formula is C24H33N3O3S. The smallest absolute Gasteiger partial charge is 0.266 e. The Hall–Kier alpha value is -2.41. The number of amides is 2. The van der Waals surface area contributed by atoms with Crippen molar-refractivity contribution in [1.82, 2.24) is 14.8 Å². The van der Waals surface area contributed by atoms with Crippen LogP contribution in [0.4, 0.5) is 0 Å². The molecule has 31 heavy (non-hydrogen) atoms. The second-order valence-electron chi connectivity index (χ2n) is 8.45. The van der Waals surface area contributed by atoms with Crippen LogP contribution in [0.2, 0.25) is 0 Å². The van der Waals surface area contributed by atoms with Crippen molar-refractivity contribution in [2.45, 2.75) is 53.0 Å². The molecule has 1 aromatic carbocycles. The third kappa shape index (κ3) is 5.64. The molecule has 3 rings (SSSR count). The van der Waals surface area contributed by atoms with E-state index in [1.165, 1.54) is 11.3 Å². The van der Waals surface area contributed by atoms with E-state index in [0.717, 1.165) is 25.0 Å². The highest BCUT2D eigenvalue weighted by molar-refractivity contribution is 7.11. The molecule has 0 radical (unpaired) electrons. The highest BCUT2D eigenvalue weighted by Crippen LogP contribution is 2.25. The molecule has 2 amide bonds. The van der Waals surface area contributed by atoms with Crippen LogP contribution in [0.1, 0.15) is 65.8 Å². The number of thiazole rings is 1. The number of ether oxygens (including phenoxy) is 1. The lowest BCUT2D eigenvalue weighted by atomic mass is 10.0. The Balaban J connectivity index is 1.95. The first-order valence-electron chi connectivity index (χ1n) is 11.1. The summed E-state index contributed by atoms with van der Waals surface area (Å²) in [7, 11) is 0. The molecule has 1 aliphatic heterocycles.